The van der Waals surface area contributed by atoms with Crippen LogP contribution in [0.25, 0.3) is 10.9 Å². The number of halogens is 1. The Kier molecular flexibility index (Phi) is 4.67. The van der Waals surface area contributed by atoms with E-state index in [9.17, 15) is 4.79 Å². The number of fused-ring (bicyclic) bond motifs is 1. The quantitative estimate of drug-likeness (QED) is 0.450. The lowest BCUT2D eigenvalue weighted by Gasteiger charge is -2.04. The zero-order chi connectivity index (χ0) is 16.9. The Balaban J connectivity index is 1.81. The summed E-state index contributed by atoms with van der Waals surface area (Å²) in [5.41, 5.74) is 4.24. The van der Waals surface area contributed by atoms with E-state index in [0.29, 0.717) is 16.3 Å². The van der Waals surface area contributed by atoms with Crippen molar-refractivity contribution in [2.24, 2.45) is 5.10 Å². The van der Waals surface area contributed by atoms with Crippen LogP contribution >= 0.6 is 11.6 Å². The predicted molar refractivity (Wildman–Crippen MR) is 92.6 cm³/mol. The van der Waals surface area contributed by atoms with Crippen LogP contribution in [0.4, 0.5) is 0 Å². The molecular formula is C17H13ClN4O2. The summed E-state index contributed by atoms with van der Waals surface area (Å²) < 4.78 is 5.20. The second kappa shape index (κ2) is 7.06. The molecule has 1 aromatic carbocycles. The molecule has 0 aliphatic rings. The van der Waals surface area contributed by atoms with Crippen LogP contribution in [-0.4, -0.2) is 29.2 Å². The standard InChI is InChI=1S/C17H13ClN4O2/c1-24-14-2-3-15-12(9-14)8-13(16(18)21-15)10-20-22-17(23)11-4-6-19-7-5-11/h2-10H,1H3,(H,22,23)/b20-10-. The molecule has 7 heteroatoms. The largest absolute Gasteiger partial charge is 0.497 e. The molecule has 120 valence electrons. The number of hydrogen-bond donors (Lipinski definition) is 1. The molecule has 1 amide bonds. The van der Waals surface area contributed by atoms with E-state index in [1.165, 1.54) is 18.6 Å². The van der Waals surface area contributed by atoms with Crippen LogP contribution in [0.3, 0.4) is 0 Å². The first-order valence-corrected chi connectivity index (χ1v) is 7.43. The fourth-order valence-corrected chi connectivity index (χ4v) is 2.29. The van der Waals surface area contributed by atoms with Crippen molar-refractivity contribution in [1.29, 1.82) is 0 Å². The van der Waals surface area contributed by atoms with E-state index < -0.39 is 0 Å². The van der Waals surface area contributed by atoms with E-state index in [1.807, 2.05) is 24.3 Å². The fourth-order valence-electron chi connectivity index (χ4n) is 2.09. The SMILES string of the molecule is COc1ccc2nc(Cl)c(/C=N\NC(=O)c3ccncc3)cc2c1. The number of aromatic nitrogens is 2. The molecule has 0 unspecified atom stereocenters. The molecule has 2 aromatic heterocycles. The van der Waals surface area contributed by atoms with Crippen molar-refractivity contribution in [3.63, 3.8) is 0 Å². The summed E-state index contributed by atoms with van der Waals surface area (Å²) in [6.45, 7) is 0. The molecule has 6 nitrogen and oxygen atoms in total. The van der Waals surface area contributed by atoms with Crippen LogP contribution in [0.15, 0.2) is 53.9 Å². The average Bonchev–Trinajstić information content (AvgIpc) is 2.62. The first-order valence-electron chi connectivity index (χ1n) is 7.05. The van der Waals surface area contributed by atoms with Gasteiger partial charge in [0.25, 0.3) is 5.91 Å². The van der Waals surface area contributed by atoms with Crippen molar-refractivity contribution in [2.45, 2.75) is 0 Å². The van der Waals surface area contributed by atoms with Crippen molar-refractivity contribution in [2.75, 3.05) is 7.11 Å². The highest BCUT2D eigenvalue weighted by Crippen LogP contribution is 2.23. The normalized spacial score (nSPS) is 10.9. The van der Waals surface area contributed by atoms with Crippen molar-refractivity contribution < 1.29 is 9.53 Å². The van der Waals surface area contributed by atoms with Gasteiger partial charge in [-0.05, 0) is 36.4 Å². The number of ether oxygens (including phenoxy) is 1. The van der Waals surface area contributed by atoms with Crippen LogP contribution in [0.2, 0.25) is 5.15 Å². The van der Waals surface area contributed by atoms with Crippen LogP contribution in [0.1, 0.15) is 15.9 Å². The molecule has 0 bridgehead atoms. The van der Waals surface area contributed by atoms with Gasteiger partial charge in [-0.25, -0.2) is 10.4 Å². The Labute approximate surface area is 143 Å². The third-order valence-electron chi connectivity index (χ3n) is 3.31. The molecule has 0 saturated heterocycles. The van der Waals surface area contributed by atoms with E-state index >= 15 is 0 Å². The molecule has 3 aromatic rings. The van der Waals surface area contributed by atoms with Gasteiger partial charge in [-0.1, -0.05) is 11.6 Å². The highest BCUT2D eigenvalue weighted by molar-refractivity contribution is 6.32. The average molecular weight is 341 g/mol. The van der Waals surface area contributed by atoms with Crippen molar-refractivity contribution in [1.82, 2.24) is 15.4 Å². The minimum absolute atomic E-state index is 0.301. The number of carbonyl (C=O) groups is 1. The summed E-state index contributed by atoms with van der Waals surface area (Å²) in [4.78, 5) is 20.1. The molecule has 0 aliphatic heterocycles. The lowest BCUT2D eigenvalue weighted by atomic mass is 10.1. The number of amides is 1. The van der Waals surface area contributed by atoms with Gasteiger partial charge in [-0.15, -0.1) is 0 Å². The third-order valence-corrected chi connectivity index (χ3v) is 3.62. The van der Waals surface area contributed by atoms with Gasteiger partial charge in [0.2, 0.25) is 0 Å². The number of nitrogens with one attached hydrogen (secondary N) is 1. The van der Waals surface area contributed by atoms with Gasteiger partial charge in [-0.3, -0.25) is 9.78 Å². The summed E-state index contributed by atoms with van der Waals surface area (Å²) in [6.07, 6.45) is 4.53. The molecule has 0 spiro atoms. The molecule has 0 aliphatic carbocycles. The number of hydrazone groups is 1. The number of methoxy groups -OCH3 is 1. The van der Waals surface area contributed by atoms with Crippen LogP contribution < -0.4 is 10.2 Å². The summed E-state index contributed by atoms with van der Waals surface area (Å²) >= 11 is 6.15. The summed E-state index contributed by atoms with van der Waals surface area (Å²) in [5.74, 6) is 0.390. The van der Waals surface area contributed by atoms with Gasteiger partial charge in [0.05, 0.1) is 18.8 Å². The lowest BCUT2D eigenvalue weighted by Crippen LogP contribution is -2.17. The second-order valence-corrected chi connectivity index (χ2v) is 5.22. The number of rotatable bonds is 4. The predicted octanol–water partition coefficient (Wildman–Crippen LogP) is 3.06. The number of carbonyl (C=O) groups excluding carboxylic acids is 1. The minimum Gasteiger partial charge on any atom is -0.497 e. The Hall–Kier alpha value is -2.99. The minimum atomic E-state index is -0.333. The van der Waals surface area contributed by atoms with E-state index in [-0.39, 0.29) is 5.91 Å². The molecule has 0 saturated carbocycles. The molecule has 1 N–H and O–H groups in total. The fraction of sp³-hybridized carbons (Fsp3) is 0.0588. The van der Waals surface area contributed by atoms with Gasteiger partial charge in [0, 0.05) is 28.9 Å². The van der Waals surface area contributed by atoms with E-state index in [4.69, 9.17) is 16.3 Å². The maximum Gasteiger partial charge on any atom is 0.271 e. The van der Waals surface area contributed by atoms with Gasteiger partial charge in [-0.2, -0.15) is 5.10 Å². The Morgan fingerprint density at radius 3 is 2.79 bits per heavy atom. The van der Waals surface area contributed by atoms with Crippen LogP contribution in [0, 0.1) is 0 Å². The third kappa shape index (κ3) is 3.49. The monoisotopic (exact) mass is 340 g/mol. The van der Waals surface area contributed by atoms with E-state index in [0.717, 1.165) is 16.7 Å². The maximum atomic E-state index is 11.9. The first kappa shape index (κ1) is 15.9. The van der Waals surface area contributed by atoms with Crippen molar-refractivity contribution >= 4 is 34.6 Å². The summed E-state index contributed by atoms with van der Waals surface area (Å²) in [7, 11) is 1.60. The second-order valence-electron chi connectivity index (χ2n) is 4.86. The van der Waals surface area contributed by atoms with Crippen molar-refractivity contribution in [3.8, 4) is 5.75 Å². The maximum absolute atomic E-state index is 11.9. The smallest absolute Gasteiger partial charge is 0.271 e. The topological polar surface area (TPSA) is 76.5 Å². The Morgan fingerprint density at radius 2 is 2.04 bits per heavy atom. The van der Waals surface area contributed by atoms with Crippen molar-refractivity contribution in [3.05, 3.63) is 65.1 Å². The highest BCUT2D eigenvalue weighted by atomic mass is 35.5. The number of hydrogen-bond acceptors (Lipinski definition) is 5. The summed E-state index contributed by atoms with van der Waals surface area (Å²) in [6, 6.07) is 10.5. The summed E-state index contributed by atoms with van der Waals surface area (Å²) in [5, 5.41) is 5.09. The molecule has 0 fully saturated rings. The van der Waals surface area contributed by atoms with Crippen LogP contribution in [-0.2, 0) is 0 Å². The molecule has 2 heterocycles. The number of pyridine rings is 2. The molecule has 0 atom stereocenters. The van der Waals surface area contributed by atoms with Crippen LogP contribution in [0.5, 0.6) is 5.75 Å². The molecule has 0 radical (unpaired) electrons. The van der Waals surface area contributed by atoms with Gasteiger partial charge >= 0.3 is 0 Å². The number of benzene rings is 1. The number of nitrogens with zero attached hydrogens (tertiary/aromatic N) is 3. The first-order chi connectivity index (χ1) is 11.7. The van der Waals surface area contributed by atoms with Gasteiger partial charge in [0.15, 0.2) is 0 Å². The highest BCUT2D eigenvalue weighted by Gasteiger charge is 2.06. The van der Waals surface area contributed by atoms with E-state index in [2.05, 4.69) is 20.5 Å². The zero-order valence-electron chi connectivity index (χ0n) is 12.7. The Morgan fingerprint density at radius 1 is 1.25 bits per heavy atom. The van der Waals surface area contributed by atoms with Gasteiger partial charge in [0.1, 0.15) is 10.9 Å². The van der Waals surface area contributed by atoms with E-state index in [1.54, 1.807) is 19.2 Å². The lowest BCUT2D eigenvalue weighted by molar-refractivity contribution is 0.0955. The van der Waals surface area contributed by atoms with Gasteiger partial charge < -0.3 is 4.74 Å². The molecule has 3 rings (SSSR count). The Bertz CT molecular complexity index is 913. The zero-order valence-corrected chi connectivity index (χ0v) is 13.5. The molecular weight excluding hydrogens is 328 g/mol. The molecule has 24 heavy (non-hydrogen) atoms.